The molecule has 0 saturated carbocycles. The van der Waals surface area contributed by atoms with Gasteiger partial charge in [0, 0.05) is 34.6 Å². The summed E-state index contributed by atoms with van der Waals surface area (Å²) >= 11 is 0. The molecule has 0 saturated heterocycles. The fourth-order valence-corrected chi connectivity index (χ4v) is 2.25. The van der Waals surface area contributed by atoms with Gasteiger partial charge in [-0.3, -0.25) is 4.98 Å². The Labute approximate surface area is 106 Å². The first-order valence-electron chi connectivity index (χ1n) is 6.21. The van der Waals surface area contributed by atoms with Crippen molar-refractivity contribution in [3.8, 4) is 0 Å². The van der Waals surface area contributed by atoms with Gasteiger partial charge in [0.25, 0.3) is 0 Å². The van der Waals surface area contributed by atoms with Crippen LogP contribution >= 0.6 is 0 Å². The van der Waals surface area contributed by atoms with Gasteiger partial charge in [-0.05, 0) is 25.1 Å². The zero-order valence-corrected chi connectivity index (χ0v) is 11.2. The Kier molecular flexibility index (Phi) is 2.21. The summed E-state index contributed by atoms with van der Waals surface area (Å²) in [4.78, 5) is 9.21. The molecule has 0 aliphatic rings. The maximum absolute atomic E-state index is 4.78. The van der Waals surface area contributed by atoms with E-state index in [4.69, 9.17) is 4.98 Å². The molecule has 3 heterocycles. The van der Waals surface area contributed by atoms with E-state index in [-0.39, 0.29) is 5.41 Å². The van der Waals surface area contributed by atoms with Crippen molar-refractivity contribution in [3.63, 3.8) is 0 Å². The van der Waals surface area contributed by atoms with Crippen LogP contribution in [0.5, 0.6) is 0 Å². The maximum Gasteiger partial charge on any atom is 0.146 e. The van der Waals surface area contributed by atoms with Crippen LogP contribution in [0.1, 0.15) is 32.2 Å². The average Bonchev–Trinajstić information content (AvgIpc) is 2.77. The van der Waals surface area contributed by atoms with Gasteiger partial charge in [0.1, 0.15) is 5.65 Å². The molecular weight excluding hydrogens is 222 g/mol. The van der Waals surface area contributed by atoms with E-state index < -0.39 is 0 Å². The summed E-state index contributed by atoms with van der Waals surface area (Å²) < 4.78 is 2.10. The minimum atomic E-state index is 0.0731. The molecule has 0 N–H and O–H groups in total. The predicted molar refractivity (Wildman–Crippen MR) is 73.9 cm³/mol. The molecule has 0 fully saturated rings. The van der Waals surface area contributed by atoms with Crippen LogP contribution in [-0.4, -0.2) is 14.4 Å². The fraction of sp³-hybridized carbons (Fsp3) is 0.333. The normalized spacial score (nSPS) is 12.4. The van der Waals surface area contributed by atoms with Crippen LogP contribution in [0.25, 0.3) is 16.6 Å². The number of fused-ring (bicyclic) bond motifs is 3. The van der Waals surface area contributed by atoms with Crippen molar-refractivity contribution in [2.24, 2.45) is 0 Å². The minimum Gasteiger partial charge on any atom is -0.304 e. The average molecular weight is 239 g/mol. The van der Waals surface area contributed by atoms with E-state index in [0.29, 0.717) is 0 Å². The first kappa shape index (κ1) is 11.2. The number of nitrogens with zero attached hydrogens (tertiary/aromatic N) is 3. The molecule has 0 aromatic carbocycles. The largest absolute Gasteiger partial charge is 0.304 e. The molecule has 3 nitrogen and oxygen atoms in total. The lowest BCUT2D eigenvalue weighted by Gasteiger charge is -2.18. The summed E-state index contributed by atoms with van der Waals surface area (Å²) in [5.41, 5.74) is 4.36. The minimum absolute atomic E-state index is 0.0731. The summed E-state index contributed by atoms with van der Waals surface area (Å²) in [7, 11) is 0. The zero-order chi connectivity index (χ0) is 12.9. The van der Waals surface area contributed by atoms with Crippen molar-refractivity contribution in [1.82, 2.24) is 14.4 Å². The summed E-state index contributed by atoms with van der Waals surface area (Å²) in [6.07, 6.45) is 3.82. The summed E-state index contributed by atoms with van der Waals surface area (Å²) in [6, 6.07) is 6.36. The first-order valence-corrected chi connectivity index (χ1v) is 6.21. The number of rotatable bonds is 0. The lowest BCUT2D eigenvalue weighted by molar-refractivity contribution is 0.571. The first-order chi connectivity index (χ1) is 8.47. The van der Waals surface area contributed by atoms with E-state index in [9.17, 15) is 0 Å². The van der Waals surface area contributed by atoms with Gasteiger partial charge in [0.05, 0.1) is 5.52 Å². The van der Waals surface area contributed by atoms with Crippen LogP contribution in [0.15, 0.2) is 30.6 Å². The summed E-state index contributed by atoms with van der Waals surface area (Å²) in [6.45, 7) is 8.63. The highest BCUT2D eigenvalue weighted by Gasteiger charge is 2.16. The van der Waals surface area contributed by atoms with Crippen LogP contribution in [0, 0.1) is 6.92 Å². The second kappa shape index (κ2) is 3.55. The van der Waals surface area contributed by atoms with Crippen molar-refractivity contribution in [1.29, 1.82) is 0 Å². The third-order valence-electron chi connectivity index (χ3n) is 3.30. The fourth-order valence-electron chi connectivity index (χ4n) is 2.25. The second-order valence-corrected chi connectivity index (χ2v) is 5.79. The molecule has 3 aromatic rings. The Bertz CT molecular complexity index is 732. The van der Waals surface area contributed by atoms with Gasteiger partial charge in [-0.1, -0.05) is 20.8 Å². The van der Waals surface area contributed by atoms with Crippen molar-refractivity contribution < 1.29 is 0 Å². The van der Waals surface area contributed by atoms with Gasteiger partial charge < -0.3 is 4.40 Å². The monoisotopic (exact) mass is 239 g/mol. The summed E-state index contributed by atoms with van der Waals surface area (Å²) in [5.74, 6) is 0. The SMILES string of the molecule is Cc1cc2nc(C(C)(C)C)ccc2c2nccn12. The van der Waals surface area contributed by atoms with Crippen molar-refractivity contribution >= 4 is 16.6 Å². The molecule has 0 aliphatic carbocycles. The molecule has 0 aliphatic heterocycles. The molecule has 92 valence electrons. The van der Waals surface area contributed by atoms with Crippen molar-refractivity contribution in [2.45, 2.75) is 33.1 Å². The van der Waals surface area contributed by atoms with E-state index in [1.807, 2.05) is 12.4 Å². The van der Waals surface area contributed by atoms with Gasteiger partial charge in [0.2, 0.25) is 0 Å². The van der Waals surface area contributed by atoms with Gasteiger partial charge in [-0.15, -0.1) is 0 Å². The molecule has 0 spiro atoms. The van der Waals surface area contributed by atoms with Crippen molar-refractivity contribution in [2.75, 3.05) is 0 Å². The van der Waals surface area contributed by atoms with E-state index in [1.54, 1.807) is 0 Å². The van der Waals surface area contributed by atoms with Crippen molar-refractivity contribution in [3.05, 3.63) is 42.0 Å². The molecule has 3 rings (SSSR count). The Morgan fingerprint density at radius 2 is 1.94 bits per heavy atom. The smallest absolute Gasteiger partial charge is 0.146 e. The lowest BCUT2D eigenvalue weighted by Crippen LogP contribution is -2.13. The highest BCUT2D eigenvalue weighted by Crippen LogP contribution is 2.25. The molecule has 3 aromatic heterocycles. The number of aromatic nitrogens is 3. The molecule has 0 radical (unpaired) electrons. The Morgan fingerprint density at radius 1 is 1.17 bits per heavy atom. The van der Waals surface area contributed by atoms with Gasteiger partial charge in [-0.25, -0.2) is 4.98 Å². The highest BCUT2D eigenvalue weighted by molar-refractivity contribution is 5.91. The lowest BCUT2D eigenvalue weighted by atomic mass is 9.91. The zero-order valence-electron chi connectivity index (χ0n) is 11.2. The number of pyridine rings is 2. The van der Waals surface area contributed by atoms with E-state index in [1.165, 1.54) is 0 Å². The summed E-state index contributed by atoms with van der Waals surface area (Å²) in [5, 5.41) is 1.11. The van der Waals surface area contributed by atoms with Gasteiger partial charge in [0.15, 0.2) is 0 Å². The van der Waals surface area contributed by atoms with E-state index >= 15 is 0 Å². The number of imidazole rings is 1. The van der Waals surface area contributed by atoms with Crippen LogP contribution in [0.2, 0.25) is 0 Å². The Morgan fingerprint density at radius 3 is 2.67 bits per heavy atom. The molecule has 0 amide bonds. The van der Waals surface area contributed by atoms with E-state index in [2.05, 4.69) is 55.3 Å². The van der Waals surface area contributed by atoms with Gasteiger partial charge in [-0.2, -0.15) is 0 Å². The number of hydrogen-bond acceptors (Lipinski definition) is 2. The molecule has 0 unspecified atom stereocenters. The highest BCUT2D eigenvalue weighted by atomic mass is 15.0. The van der Waals surface area contributed by atoms with Gasteiger partial charge >= 0.3 is 0 Å². The third kappa shape index (κ3) is 1.58. The van der Waals surface area contributed by atoms with E-state index in [0.717, 1.165) is 27.9 Å². The Hall–Kier alpha value is -1.90. The quantitative estimate of drug-likeness (QED) is 0.601. The number of aryl methyl sites for hydroxylation is 1. The number of hydrogen-bond donors (Lipinski definition) is 0. The van der Waals surface area contributed by atoms with Crippen LogP contribution in [0.4, 0.5) is 0 Å². The third-order valence-corrected chi connectivity index (χ3v) is 3.30. The standard InChI is InChI=1S/C15H17N3/c1-10-9-12-11(14-16-7-8-18(10)14)5-6-13(17-12)15(2,3)4/h5-9H,1-4H3. The molecule has 3 heteroatoms. The molecule has 0 atom stereocenters. The Balaban J connectivity index is 2.39. The van der Waals surface area contributed by atoms with Crippen LogP contribution in [-0.2, 0) is 5.41 Å². The maximum atomic E-state index is 4.78. The topological polar surface area (TPSA) is 30.2 Å². The second-order valence-electron chi connectivity index (χ2n) is 5.79. The van der Waals surface area contributed by atoms with Crippen LogP contribution < -0.4 is 0 Å². The molecule has 0 bridgehead atoms. The molecular formula is C15H17N3. The van der Waals surface area contributed by atoms with Crippen LogP contribution in [0.3, 0.4) is 0 Å². The molecule has 18 heavy (non-hydrogen) atoms. The predicted octanol–water partition coefficient (Wildman–Crippen LogP) is 3.49.